The molecule has 1 heteroatoms. The van der Waals surface area contributed by atoms with Crippen LogP contribution in [0.25, 0.3) is 0 Å². The Bertz CT molecular complexity index is 103. The lowest BCUT2D eigenvalue weighted by atomic mass is 9.58. The van der Waals surface area contributed by atoms with E-state index < -0.39 is 0 Å². The van der Waals surface area contributed by atoms with Crippen molar-refractivity contribution in [3.63, 3.8) is 0 Å². The largest absolute Gasteiger partial charge is 0.105 e. The first-order valence-corrected chi connectivity index (χ1v) is 4.36. The fourth-order valence-electron chi connectivity index (χ4n) is 2.71. The van der Waals surface area contributed by atoms with Gasteiger partial charge >= 0.3 is 0 Å². The van der Waals surface area contributed by atoms with Crippen molar-refractivity contribution in [2.45, 2.75) is 37.9 Å². The molecule has 3 saturated carbocycles. The topological polar surface area (TPSA) is 0 Å². The summed E-state index contributed by atoms with van der Waals surface area (Å²) in [5.41, 5.74) is 0. The number of hydrogen-bond donors (Lipinski definition) is 0. The highest BCUT2D eigenvalue weighted by atomic mass is 14.4. The maximum atomic E-state index is 2.44. The summed E-state index contributed by atoms with van der Waals surface area (Å²) in [5, 5.41) is 0. The summed E-state index contributed by atoms with van der Waals surface area (Å²) in [6.45, 7) is 0. The van der Waals surface area contributed by atoms with E-state index in [0.717, 1.165) is 17.7 Å². The smallest absolute Gasteiger partial charge is 0.0667 e. The highest BCUT2D eigenvalue weighted by Gasteiger charge is 2.32. The van der Waals surface area contributed by atoms with Crippen LogP contribution in [-0.2, 0) is 0 Å². The van der Waals surface area contributed by atoms with Crippen molar-refractivity contribution in [1.82, 2.24) is 0 Å². The lowest BCUT2D eigenvalue weighted by Gasteiger charge is -2.40. The van der Waals surface area contributed by atoms with Crippen molar-refractivity contribution in [3.05, 3.63) is 0 Å². The molecule has 3 aliphatic carbocycles. The van der Waals surface area contributed by atoms with Crippen LogP contribution in [0.5, 0.6) is 0 Å². The van der Waals surface area contributed by atoms with Crippen LogP contribution < -0.4 is 0 Å². The van der Waals surface area contributed by atoms with E-state index in [0.29, 0.717) is 0 Å². The van der Waals surface area contributed by atoms with Gasteiger partial charge in [-0.15, -0.1) is 0 Å². The van der Waals surface area contributed by atoms with Gasteiger partial charge in [-0.3, -0.25) is 0 Å². The van der Waals surface area contributed by atoms with Gasteiger partial charge in [-0.2, -0.15) is 0 Å². The number of rotatable bonds is 0. The van der Waals surface area contributed by atoms with Gasteiger partial charge in [-0.1, -0.05) is 37.9 Å². The highest BCUT2D eigenvalue weighted by molar-refractivity contribution is 6.11. The Morgan fingerprint density at radius 1 is 1.00 bits per heavy atom. The maximum Gasteiger partial charge on any atom is 0.105 e. The molecule has 0 aromatic heterocycles. The molecule has 3 aliphatic rings. The summed E-state index contributed by atoms with van der Waals surface area (Å²) < 4.78 is 0. The Hall–Kier alpha value is 0.0649. The Morgan fingerprint density at radius 2 is 1.67 bits per heavy atom. The van der Waals surface area contributed by atoms with E-state index in [2.05, 4.69) is 7.85 Å². The van der Waals surface area contributed by atoms with Crippen LogP contribution in [-0.4, -0.2) is 7.85 Å². The number of hydrogen-bond acceptors (Lipinski definition) is 0. The van der Waals surface area contributed by atoms with E-state index in [1.165, 1.54) is 0 Å². The van der Waals surface area contributed by atoms with Gasteiger partial charge in [0.25, 0.3) is 0 Å². The van der Waals surface area contributed by atoms with E-state index in [-0.39, 0.29) is 0 Å². The van der Waals surface area contributed by atoms with Crippen molar-refractivity contribution in [2.24, 2.45) is 11.8 Å². The quantitative estimate of drug-likeness (QED) is 0.428. The molecule has 2 bridgehead atoms. The zero-order valence-electron chi connectivity index (χ0n) is 6.27. The zero-order valence-corrected chi connectivity index (χ0v) is 6.27. The molecule has 0 saturated heterocycles. The second-order valence-corrected chi connectivity index (χ2v) is 3.99. The molecule has 0 aromatic rings. The molecule has 9 heavy (non-hydrogen) atoms. The molecule has 0 aromatic carbocycles. The van der Waals surface area contributed by atoms with Crippen LogP contribution in [0.3, 0.4) is 0 Å². The summed E-state index contributed by atoms with van der Waals surface area (Å²) in [5.74, 6) is 3.32. The van der Waals surface area contributed by atoms with Crippen LogP contribution in [0, 0.1) is 11.8 Å². The van der Waals surface area contributed by atoms with Gasteiger partial charge in [0.05, 0.1) is 0 Å². The summed E-state index contributed by atoms with van der Waals surface area (Å²) in [4.78, 5) is 0. The molecule has 0 radical (unpaired) electrons. The van der Waals surface area contributed by atoms with Gasteiger partial charge in [0, 0.05) is 0 Å². The van der Waals surface area contributed by atoms with Gasteiger partial charge in [0.15, 0.2) is 0 Å². The molecule has 0 N–H and O–H groups in total. The molecule has 0 amide bonds. The second kappa shape index (κ2) is 2.03. The molecule has 1 unspecified atom stereocenters. The first-order chi connectivity index (χ1) is 4.36. The molecule has 3 fully saturated rings. The zero-order chi connectivity index (χ0) is 6.27. The molecule has 0 aliphatic heterocycles. The predicted octanol–water partition coefficient (Wildman–Crippen LogP) is 1.62. The van der Waals surface area contributed by atoms with Gasteiger partial charge in [0.1, 0.15) is 7.85 Å². The fourth-order valence-corrected chi connectivity index (χ4v) is 2.71. The summed E-state index contributed by atoms with van der Waals surface area (Å²) >= 11 is 0. The predicted molar refractivity (Wildman–Crippen MR) is 42.4 cm³/mol. The van der Waals surface area contributed by atoms with Crippen LogP contribution in [0.1, 0.15) is 32.1 Å². The molecular weight excluding hydrogens is 107 g/mol. The molecule has 3 rings (SSSR count). The Kier molecular flexibility index (Phi) is 1.32. The van der Waals surface area contributed by atoms with Crippen LogP contribution in [0.2, 0.25) is 5.82 Å². The lowest BCUT2D eigenvalue weighted by molar-refractivity contribution is 0.177. The van der Waals surface area contributed by atoms with Crippen LogP contribution in [0.15, 0.2) is 0 Å². The second-order valence-electron chi connectivity index (χ2n) is 3.99. The monoisotopic (exact) mass is 122 g/mol. The van der Waals surface area contributed by atoms with Gasteiger partial charge in [-0.25, -0.2) is 0 Å². The summed E-state index contributed by atoms with van der Waals surface area (Å²) in [6.07, 6.45) is 7.74. The summed E-state index contributed by atoms with van der Waals surface area (Å²) in [7, 11) is 2.44. The minimum atomic E-state index is 1.07. The van der Waals surface area contributed by atoms with Crippen molar-refractivity contribution < 1.29 is 0 Å². The molecular formula is C8H15B. The molecule has 0 nitrogen and oxygen atoms in total. The van der Waals surface area contributed by atoms with Crippen molar-refractivity contribution in [2.75, 3.05) is 0 Å². The average molecular weight is 122 g/mol. The van der Waals surface area contributed by atoms with Gasteiger partial charge in [0.2, 0.25) is 0 Å². The van der Waals surface area contributed by atoms with E-state index >= 15 is 0 Å². The first kappa shape index (κ1) is 5.82. The van der Waals surface area contributed by atoms with E-state index in [9.17, 15) is 0 Å². The number of fused-ring (bicyclic) bond motifs is 3. The minimum absolute atomic E-state index is 1.07. The lowest BCUT2D eigenvalue weighted by Crippen LogP contribution is -2.27. The Labute approximate surface area is 58.4 Å². The van der Waals surface area contributed by atoms with E-state index in [4.69, 9.17) is 0 Å². The van der Waals surface area contributed by atoms with Gasteiger partial charge < -0.3 is 0 Å². The summed E-state index contributed by atoms with van der Waals surface area (Å²) in [6, 6.07) is 0. The third-order valence-electron chi connectivity index (χ3n) is 3.40. The van der Waals surface area contributed by atoms with Crippen molar-refractivity contribution in [3.8, 4) is 0 Å². The van der Waals surface area contributed by atoms with E-state index in [1.54, 1.807) is 32.1 Å². The Morgan fingerprint density at radius 3 is 1.89 bits per heavy atom. The molecule has 0 heterocycles. The molecule has 0 spiro atoms. The minimum Gasteiger partial charge on any atom is -0.0667 e. The van der Waals surface area contributed by atoms with Crippen LogP contribution >= 0.6 is 0 Å². The standard InChI is InChI=1S/C8H15B/c9-8-5-6-1-3-7(8)4-2-6/h6-8H,1-5,9H2. The normalized spacial score (nSPS) is 49.6. The molecule has 1 atom stereocenters. The maximum absolute atomic E-state index is 2.44. The third kappa shape index (κ3) is 0.909. The van der Waals surface area contributed by atoms with Crippen LogP contribution in [0.4, 0.5) is 0 Å². The average Bonchev–Trinajstić information content (AvgIpc) is 1.90. The van der Waals surface area contributed by atoms with Gasteiger partial charge in [-0.05, 0) is 11.8 Å². The van der Waals surface area contributed by atoms with Crippen molar-refractivity contribution >= 4 is 7.85 Å². The molecule has 50 valence electrons. The van der Waals surface area contributed by atoms with E-state index in [1.807, 2.05) is 0 Å². The highest BCUT2D eigenvalue weighted by Crippen LogP contribution is 2.46. The SMILES string of the molecule is BC1CC2CCC1CC2. The van der Waals surface area contributed by atoms with Crippen molar-refractivity contribution in [1.29, 1.82) is 0 Å². The fraction of sp³-hybridized carbons (Fsp3) is 1.00. The first-order valence-electron chi connectivity index (χ1n) is 4.36. The Balaban J connectivity index is 2.06. The third-order valence-corrected chi connectivity index (χ3v) is 3.40.